The molecule has 13 nitrogen and oxygen atoms in total. The van der Waals surface area contributed by atoms with Crippen LogP contribution in [0.5, 0.6) is 0 Å². The van der Waals surface area contributed by atoms with Crippen LogP contribution in [0.4, 0.5) is 11.5 Å². The van der Waals surface area contributed by atoms with Gasteiger partial charge in [0.25, 0.3) is 5.56 Å². The number of aryl methyl sites for hydroxylation is 1. The van der Waals surface area contributed by atoms with Gasteiger partial charge in [0.2, 0.25) is 10.0 Å². The van der Waals surface area contributed by atoms with Gasteiger partial charge in [-0.25, -0.2) is 22.9 Å². The van der Waals surface area contributed by atoms with Crippen LogP contribution in [0.25, 0.3) is 33.4 Å². The first-order valence-electron chi connectivity index (χ1n) is 15.6. The molecular formula is C33H39N9O4SSi. The average Bonchev–Trinajstić information content (AvgIpc) is 3.59. The number of nitrogens with one attached hydrogen (secondary N) is 2. The molecule has 0 aliphatic heterocycles. The van der Waals surface area contributed by atoms with Crippen LogP contribution in [0.2, 0.25) is 25.7 Å². The Labute approximate surface area is 279 Å². The van der Waals surface area contributed by atoms with Crippen molar-refractivity contribution >= 4 is 46.2 Å². The maximum atomic E-state index is 13.9. The number of hydrogen-bond donors (Lipinski definition) is 2. The highest BCUT2D eigenvalue weighted by Crippen LogP contribution is 2.36. The van der Waals surface area contributed by atoms with E-state index in [0.29, 0.717) is 51.7 Å². The van der Waals surface area contributed by atoms with Gasteiger partial charge in [-0.1, -0.05) is 37.8 Å². The summed E-state index contributed by atoms with van der Waals surface area (Å²) >= 11 is 0. The first kappa shape index (κ1) is 33.1. The van der Waals surface area contributed by atoms with Gasteiger partial charge < -0.3 is 14.6 Å². The summed E-state index contributed by atoms with van der Waals surface area (Å²) < 4.78 is 37.8. The summed E-state index contributed by atoms with van der Waals surface area (Å²) in [4.78, 5) is 27.5. The molecule has 0 amide bonds. The lowest BCUT2D eigenvalue weighted by atomic mass is 10.1. The van der Waals surface area contributed by atoms with Crippen molar-refractivity contribution in [1.82, 2.24) is 33.7 Å². The third-order valence-corrected chi connectivity index (χ3v) is 10.2. The molecule has 0 bridgehead atoms. The highest BCUT2D eigenvalue weighted by atomic mass is 32.2. The molecule has 1 unspecified atom stereocenters. The van der Waals surface area contributed by atoms with Crippen molar-refractivity contribution in [3.8, 4) is 16.8 Å². The number of fused-ring (bicyclic) bond motifs is 2. The summed E-state index contributed by atoms with van der Waals surface area (Å²) in [5, 5.41) is 9.08. The Hall–Kier alpha value is -4.86. The monoisotopic (exact) mass is 685 g/mol. The van der Waals surface area contributed by atoms with E-state index >= 15 is 0 Å². The molecule has 48 heavy (non-hydrogen) atoms. The molecule has 5 aromatic heterocycles. The Morgan fingerprint density at radius 2 is 1.83 bits per heavy atom. The van der Waals surface area contributed by atoms with Crippen LogP contribution in [0, 0.1) is 6.92 Å². The van der Waals surface area contributed by atoms with Crippen molar-refractivity contribution in [2.75, 3.05) is 22.9 Å². The molecule has 0 saturated carbocycles. The van der Waals surface area contributed by atoms with Crippen LogP contribution in [-0.2, 0) is 21.5 Å². The van der Waals surface area contributed by atoms with Crippen LogP contribution in [-0.4, -0.2) is 63.1 Å². The lowest BCUT2D eigenvalue weighted by Gasteiger charge is -2.20. The summed E-state index contributed by atoms with van der Waals surface area (Å²) in [6, 6.07) is 13.5. The van der Waals surface area contributed by atoms with Gasteiger partial charge in [0.15, 0.2) is 5.82 Å². The van der Waals surface area contributed by atoms with Crippen LogP contribution in [0.1, 0.15) is 24.4 Å². The first-order chi connectivity index (χ1) is 22.8. The van der Waals surface area contributed by atoms with Crippen molar-refractivity contribution in [2.45, 2.75) is 52.3 Å². The van der Waals surface area contributed by atoms with Gasteiger partial charge in [0.05, 0.1) is 35.3 Å². The molecule has 0 radical (unpaired) electrons. The third kappa shape index (κ3) is 7.02. The van der Waals surface area contributed by atoms with E-state index in [0.717, 1.165) is 23.4 Å². The number of aromatic nitrogens is 7. The summed E-state index contributed by atoms with van der Waals surface area (Å²) in [6.45, 7) is 11.6. The molecule has 6 rings (SSSR count). The van der Waals surface area contributed by atoms with E-state index in [1.807, 2.05) is 61.0 Å². The standard InChI is InChI=1S/C33H39N9O4SSi/c1-22-12-13-41-29(22)33(43)42(26-10-8-7-9-11-26)31(38-41)23(2)37-30-28-27(24-16-25(18-34-17-24)39-47(3,44)45)19-40(32(28)36-20-35-30)21-46-14-15-48(4,5)6/h7-13,16-20,23,39H,14-15,21H2,1-6H3,(H,35,36,37). The number of para-hydroxylation sites is 1. The molecule has 15 heteroatoms. The number of ether oxygens (including phenoxy) is 1. The maximum absolute atomic E-state index is 13.9. The zero-order valence-electron chi connectivity index (χ0n) is 27.8. The molecule has 0 aliphatic rings. The van der Waals surface area contributed by atoms with Crippen molar-refractivity contribution in [2.24, 2.45) is 0 Å². The van der Waals surface area contributed by atoms with Crippen LogP contribution >= 0.6 is 0 Å². The van der Waals surface area contributed by atoms with Crippen LogP contribution in [0.3, 0.4) is 0 Å². The topological polar surface area (TPSA) is 150 Å². The fourth-order valence-electron chi connectivity index (χ4n) is 5.56. The Bertz CT molecular complexity index is 2280. The number of anilines is 2. The molecule has 5 heterocycles. The fraction of sp³-hybridized carbons (Fsp3) is 0.303. The van der Waals surface area contributed by atoms with Crippen molar-refractivity contribution in [3.63, 3.8) is 0 Å². The number of benzene rings is 1. The number of hydrogen-bond acceptors (Lipinski definition) is 9. The molecule has 2 N–H and O–H groups in total. The predicted molar refractivity (Wildman–Crippen MR) is 191 cm³/mol. The van der Waals surface area contributed by atoms with E-state index in [9.17, 15) is 13.2 Å². The molecule has 0 aliphatic carbocycles. The first-order valence-corrected chi connectivity index (χ1v) is 21.2. The van der Waals surface area contributed by atoms with E-state index in [2.05, 4.69) is 44.6 Å². The molecule has 250 valence electrons. The Morgan fingerprint density at radius 3 is 2.56 bits per heavy atom. The Kier molecular flexibility index (Phi) is 8.93. The lowest BCUT2D eigenvalue weighted by molar-refractivity contribution is 0.0899. The molecule has 1 aromatic carbocycles. The molecule has 0 saturated heterocycles. The van der Waals surface area contributed by atoms with Gasteiger partial charge in [-0.05, 0) is 49.7 Å². The second-order valence-corrected chi connectivity index (χ2v) is 20.5. The summed E-state index contributed by atoms with van der Waals surface area (Å²) in [5.74, 6) is 0.986. The second-order valence-electron chi connectivity index (χ2n) is 13.1. The minimum Gasteiger partial charge on any atom is -0.361 e. The van der Waals surface area contributed by atoms with Gasteiger partial charge in [-0.2, -0.15) is 5.10 Å². The summed E-state index contributed by atoms with van der Waals surface area (Å²) in [6.07, 6.45) is 9.39. The number of pyridine rings is 1. The molecule has 1 atom stereocenters. The zero-order chi connectivity index (χ0) is 34.2. The SMILES string of the molecule is Cc1ccn2nc(C(C)Nc3ncnc4c3c(-c3cncc(NS(C)(=O)=O)c3)cn4COCC[Si](C)(C)C)n(-c3ccccc3)c(=O)c12. The van der Waals surface area contributed by atoms with E-state index in [1.165, 1.54) is 12.5 Å². The minimum atomic E-state index is -3.53. The van der Waals surface area contributed by atoms with Crippen LogP contribution < -0.4 is 15.6 Å². The van der Waals surface area contributed by atoms with Gasteiger partial charge in [-0.3, -0.25) is 19.1 Å². The summed E-state index contributed by atoms with van der Waals surface area (Å²) in [5.41, 5.74) is 4.18. The predicted octanol–water partition coefficient (Wildman–Crippen LogP) is 5.46. The zero-order valence-corrected chi connectivity index (χ0v) is 29.6. The minimum absolute atomic E-state index is 0.182. The molecule has 0 spiro atoms. The third-order valence-electron chi connectivity index (χ3n) is 7.90. The van der Waals surface area contributed by atoms with Gasteiger partial charge in [-0.15, -0.1) is 0 Å². The van der Waals surface area contributed by atoms with Crippen molar-refractivity contribution in [1.29, 1.82) is 0 Å². The Balaban J connectivity index is 1.46. The number of sulfonamides is 1. The van der Waals surface area contributed by atoms with E-state index < -0.39 is 24.1 Å². The smallest absolute Gasteiger partial charge is 0.282 e. The maximum Gasteiger partial charge on any atom is 0.282 e. The van der Waals surface area contributed by atoms with Crippen molar-refractivity contribution in [3.05, 3.63) is 95.3 Å². The van der Waals surface area contributed by atoms with Gasteiger partial charge in [0, 0.05) is 44.4 Å². The fourth-order valence-corrected chi connectivity index (χ4v) is 6.85. The highest BCUT2D eigenvalue weighted by Gasteiger charge is 2.23. The number of nitrogens with zero attached hydrogens (tertiary/aromatic N) is 7. The normalized spacial score (nSPS) is 12.9. The molecule has 6 aromatic rings. The Morgan fingerprint density at radius 1 is 1.06 bits per heavy atom. The quantitative estimate of drug-likeness (QED) is 0.127. The largest absolute Gasteiger partial charge is 0.361 e. The molecular weight excluding hydrogens is 647 g/mol. The average molecular weight is 686 g/mol. The van der Waals surface area contributed by atoms with E-state index in [-0.39, 0.29) is 12.3 Å². The van der Waals surface area contributed by atoms with Crippen molar-refractivity contribution < 1.29 is 13.2 Å². The number of rotatable bonds is 12. The van der Waals surface area contributed by atoms with Crippen LogP contribution in [0.15, 0.2) is 78.4 Å². The summed E-state index contributed by atoms with van der Waals surface area (Å²) in [7, 11) is -4.82. The van der Waals surface area contributed by atoms with Gasteiger partial charge >= 0.3 is 0 Å². The van der Waals surface area contributed by atoms with E-state index in [1.54, 1.807) is 27.5 Å². The molecule has 0 fully saturated rings. The second kappa shape index (κ2) is 13.0. The highest BCUT2D eigenvalue weighted by molar-refractivity contribution is 7.92. The van der Waals surface area contributed by atoms with E-state index in [4.69, 9.17) is 9.84 Å². The lowest BCUT2D eigenvalue weighted by Crippen LogP contribution is -2.29. The van der Waals surface area contributed by atoms with Gasteiger partial charge in [0.1, 0.15) is 30.0 Å².